The maximum absolute atomic E-state index is 12.1. The van der Waals surface area contributed by atoms with Gasteiger partial charge in [-0.05, 0) is 43.5 Å². The van der Waals surface area contributed by atoms with E-state index in [1.54, 1.807) is 24.3 Å². The van der Waals surface area contributed by atoms with Crippen LogP contribution in [0.25, 0.3) is 0 Å². The molecule has 0 spiro atoms. The Kier molecular flexibility index (Phi) is 4.57. The standard InChI is InChI=1S/C15H18N2O4/c1-9(18)16-12-5-2-10(3-6-12)14(19)17-13-7-4-11(8-13)15(20)21/h2-3,5-6,11,13H,4,7-8H2,1H3,(H,16,18)(H,17,19)(H,20,21). The first kappa shape index (κ1) is 15.0. The molecule has 2 rings (SSSR count). The fourth-order valence-electron chi connectivity index (χ4n) is 2.51. The average Bonchev–Trinajstić information content (AvgIpc) is 2.87. The molecule has 0 heterocycles. The summed E-state index contributed by atoms with van der Waals surface area (Å²) in [6, 6.07) is 6.48. The van der Waals surface area contributed by atoms with Gasteiger partial charge >= 0.3 is 5.97 Å². The molecule has 2 amide bonds. The third-order valence-corrected chi connectivity index (χ3v) is 3.58. The molecule has 0 aromatic heterocycles. The van der Waals surface area contributed by atoms with Crippen LogP contribution in [0, 0.1) is 5.92 Å². The Balaban J connectivity index is 1.92. The number of hydrogen-bond donors (Lipinski definition) is 3. The van der Waals surface area contributed by atoms with E-state index >= 15 is 0 Å². The molecule has 1 aliphatic carbocycles. The second kappa shape index (κ2) is 6.39. The summed E-state index contributed by atoms with van der Waals surface area (Å²) >= 11 is 0. The van der Waals surface area contributed by atoms with Gasteiger partial charge in [0.2, 0.25) is 5.91 Å². The molecule has 0 saturated heterocycles. The molecule has 1 aliphatic rings. The summed E-state index contributed by atoms with van der Waals surface area (Å²) in [4.78, 5) is 33.9. The first-order valence-corrected chi connectivity index (χ1v) is 6.87. The highest BCUT2D eigenvalue weighted by molar-refractivity contribution is 5.95. The number of amides is 2. The van der Waals surface area contributed by atoms with Crippen molar-refractivity contribution in [3.8, 4) is 0 Å². The van der Waals surface area contributed by atoms with Crippen LogP contribution in [0.3, 0.4) is 0 Å². The summed E-state index contributed by atoms with van der Waals surface area (Å²) in [7, 11) is 0. The molecule has 1 saturated carbocycles. The zero-order valence-corrected chi connectivity index (χ0v) is 11.8. The first-order valence-electron chi connectivity index (χ1n) is 6.87. The molecule has 21 heavy (non-hydrogen) atoms. The van der Waals surface area contributed by atoms with Gasteiger partial charge in [-0.1, -0.05) is 0 Å². The number of rotatable bonds is 4. The second-order valence-corrected chi connectivity index (χ2v) is 5.28. The maximum Gasteiger partial charge on any atom is 0.306 e. The van der Waals surface area contributed by atoms with Crippen molar-refractivity contribution in [2.45, 2.75) is 32.2 Å². The number of nitrogens with one attached hydrogen (secondary N) is 2. The predicted octanol–water partition coefficient (Wildman–Crippen LogP) is 1.63. The van der Waals surface area contributed by atoms with Gasteiger partial charge in [0, 0.05) is 24.2 Å². The van der Waals surface area contributed by atoms with Crippen LogP contribution in [0.5, 0.6) is 0 Å². The topological polar surface area (TPSA) is 95.5 Å². The summed E-state index contributed by atoms with van der Waals surface area (Å²) in [5, 5.41) is 14.4. The van der Waals surface area contributed by atoms with Gasteiger partial charge in [-0.15, -0.1) is 0 Å². The smallest absolute Gasteiger partial charge is 0.306 e. The summed E-state index contributed by atoms with van der Waals surface area (Å²) in [5.74, 6) is -1.55. The van der Waals surface area contributed by atoms with Crippen molar-refractivity contribution in [2.75, 3.05) is 5.32 Å². The molecular weight excluding hydrogens is 272 g/mol. The van der Waals surface area contributed by atoms with Crippen molar-refractivity contribution in [1.82, 2.24) is 5.32 Å². The summed E-state index contributed by atoms with van der Waals surface area (Å²) in [6.07, 6.45) is 1.76. The van der Waals surface area contributed by atoms with Crippen molar-refractivity contribution in [3.63, 3.8) is 0 Å². The summed E-state index contributed by atoms with van der Waals surface area (Å²) in [5.41, 5.74) is 1.12. The van der Waals surface area contributed by atoms with Crippen LogP contribution in [-0.4, -0.2) is 28.9 Å². The lowest BCUT2D eigenvalue weighted by Crippen LogP contribution is -2.33. The minimum absolute atomic E-state index is 0.0892. The van der Waals surface area contributed by atoms with Crippen LogP contribution in [-0.2, 0) is 9.59 Å². The SMILES string of the molecule is CC(=O)Nc1ccc(C(=O)NC2CCC(C(=O)O)C2)cc1. The van der Waals surface area contributed by atoms with E-state index in [-0.39, 0.29) is 23.8 Å². The van der Waals surface area contributed by atoms with E-state index in [9.17, 15) is 14.4 Å². The highest BCUT2D eigenvalue weighted by atomic mass is 16.4. The quantitative estimate of drug-likeness (QED) is 0.785. The van der Waals surface area contributed by atoms with E-state index in [1.165, 1.54) is 6.92 Å². The fourth-order valence-corrected chi connectivity index (χ4v) is 2.51. The van der Waals surface area contributed by atoms with Gasteiger partial charge in [0.05, 0.1) is 5.92 Å². The number of carboxylic acids is 1. The van der Waals surface area contributed by atoms with Gasteiger partial charge in [0.25, 0.3) is 5.91 Å². The van der Waals surface area contributed by atoms with Gasteiger partial charge in [-0.2, -0.15) is 0 Å². The number of benzene rings is 1. The number of carbonyl (C=O) groups is 3. The number of hydrogen-bond acceptors (Lipinski definition) is 3. The molecule has 1 fully saturated rings. The van der Waals surface area contributed by atoms with E-state index in [0.29, 0.717) is 30.5 Å². The number of carbonyl (C=O) groups excluding carboxylic acids is 2. The Morgan fingerprint density at radius 2 is 1.81 bits per heavy atom. The van der Waals surface area contributed by atoms with Crippen molar-refractivity contribution < 1.29 is 19.5 Å². The number of anilines is 1. The van der Waals surface area contributed by atoms with Crippen molar-refractivity contribution >= 4 is 23.5 Å². The largest absolute Gasteiger partial charge is 0.481 e. The third-order valence-electron chi connectivity index (χ3n) is 3.58. The van der Waals surface area contributed by atoms with E-state index < -0.39 is 5.97 Å². The first-order chi connectivity index (χ1) is 9.95. The molecule has 112 valence electrons. The van der Waals surface area contributed by atoms with E-state index in [1.807, 2.05) is 0 Å². The number of carboxylic acid groups (broad SMARTS) is 1. The minimum Gasteiger partial charge on any atom is -0.481 e. The van der Waals surface area contributed by atoms with Crippen molar-refractivity contribution in [3.05, 3.63) is 29.8 Å². The van der Waals surface area contributed by atoms with E-state index in [4.69, 9.17) is 5.11 Å². The maximum atomic E-state index is 12.1. The van der Waals surface area contributed by atoms with Crippen LogP contribution in [0.2, 0.25) is 0 Å². The van der Waals surface area contributed by atoms with Gasteiger partial charge < -0.3 is 15.7 Å². The lowest BCUT2D eigenvalue weighted by Gasteiger charge is -2.12. The Bertz CT molecular complexity index is 553. The fraction of sp³-hybridized carbons (Fsp3) is 0.400. The zero-order chi connectivity index (χ0) is 15.4. The molecule has 2 atom stereocenters. The molecule has 1 aromatic rings. The molecule has 6 heteroatoms. The average molecular weight is 290 g/mol. The molecule has 3 N–H and O–H groups in total. The van der Waals surface area contributed by atoms with E-state index in [2.05, 4.69) is 10.6 Å². The van der Waals surface area contributed by atoms with Crippen LogP contribution in [0.1, 0.15) is 36.5 Å². The summed E-state index contributed by atoms with van der Waals surface area (Å²) in [6.45, 7) is 1.42. The lowest BCUT2D eigenvalue weighted by molar-refractivity contribution is -0.141. The van der Waals surface area contributed by atoms with Gasteiger partial charge in [0.1, 0.15) is 0 Å². The second-order valence-electron chi connectivity index (χ2n) is 5.28. The van der Waals surface area contributed by atoms with Gasteiger partial charge in [-0.3, -0.25) is 14.4 Å². The van der Waals surface area contributed by atoms with Crippen LogP contribution in [0.15, 0.2) is 24.3 Å². The molecule has 1 aromatic carbocycles. The highest BCUT2D eigenvalue weighted by Gasteiger charge is 2.30. The predicted molar refractivity (Wildman–Crippen MR) is 77.0 cm³/mol. The molecule has 0 aliphatic heterocycles. The van der Waals surface area contributed by atoms with Crippen molar-refractivity contribution in [2.24, 2.45) is 5.92 Å². The lowest BCUT2D eigenvalue weighted by atomic mass is 10.1. The Morgan fingerprint density at radius 3 is 2.33 bits per heavy atom. The van der Waals surface area contributed by atoms with Crippen LogP contribution in [0.4, 0.5) is 5.69 Å². The summed E-state index contributed by atoms with van der Waals surface area (Å²) < 4.78 is 0. The number of aliphatic carboxylic acids is 1. The van der Waals surface area contributed by atoms with Crippen LogP contribution >= 0.6 is 0 Å². The zero-order valence-electron chi connectivity index (χ0n) is 11.8. The van der Waals surface area contributed by atoms with Crippen molar-refractivity contribution in [1.29, 1.82) is 0 Å². The minimum atomic E-state index is -0.800. The Morgan fingerprint density at radius 1 is 1.14 bits per heavy atom. The Hall–Kier alpha value is -2.37. The van der Waals surface area contributed by atoms with Gasteiger partial charge in [0.15, 0.2) is 0 Å². The molecule has 2 unspecified atom stereocenters. The van der Waals surface area contributed by atoms with Gasteiger partial charge in [-0.25, -0.2) is 0 Å². The molecule has 0 bridgehead atoms. The Labute approximate surface area is 122 Å². The molecular formula is C15H18N2O4. The molecule has 0 radical (unpaired) electrons. The normalized spacial score (nSPS) is 20.8. The van der Waals surface area contributed by atoms with Crippen LogP contribution < -0.4 is 10.6 Å². The van der Waals surface area contributed by atoms with E-state index in [0.717, 1.165) is 0 Å². The third kappa shape index (κ3) is 4.05. The molecule has 6 nitrogen and oxygen atoms in total. The highest BCUT2D eigenvalue weighted by Crippen LogP contribution is 2.25. The monoisotopic (exact) mass is 290 g/mol.